The van der Waals surface area contributed by atoms with Crippen LogP contribution in [0.3, 0.4) is 0 Å². The van der Waals surface area contributed by atoms with Crippen LogP contribution in [-0.4, -0.2) is 36.9 Å². The van der Waals surface area contributed by atoms with Gasteiger partial charge in [0.25, 0.3) is 0 Å². The highest BCUT2D eigenvalue weighted by Crippen LogP contribution is 2.13. The first-order valence-corrected chi connectivity index (χ1v) is 4.29. The van der Waals surface area contributed by atoms with Crippen LogP contribution in [0.25, 0.3) is 0 Å². The van der Waals surface area contributed by atoms with Crippen molar-refractivity contribution in [1.82, 2.24) is 5.32 Å². The summed E-state index contributed by atoms with van der Waals surface area (Å²) in [4.78, 5) is 10.7. The summed E-state index contributed by atoms with van der Waals surface area (Å²) in [6.07, 6.45) is 1.02. The molecule has 2 unspecified atom stereocenters. The van der Waals surface area contributed by atoms with Crippen molar-refractivity contribution in [2.24, 2.45) is 5.92 Å². The Hall–Kier alpha value is -0.610. The molecule has 70 valence electrons. The Morgan fingerprint density at radius 3 is 3.00 bits per heavy atom. The predicted molar refractivity (Wildman–Crippen MR) is 44.0 cm³/mol. The molecular weight excluding hydrogens is 158 g/mol. The lowest BCUT2D eigenvalue weighted by Crippen LogP contribution is -2.39. The van der Waals surface area contributed by atoms with Gasteiger partial charge in [-0.25, -0.2) is 0 Å². The van der Waals surface area contributed by atoms with Crippen LogP contribution in [0.15, 0.2) is 0 Å². The maximum atomic E-state index is 10.7. The molecule has 12 heavy (non-hydrogen) atoms. The van der Waals surface area contributed by atoms with Crippen LogP contribution in [0.1, 0.15) is 13.3 Å². The minimum Gasteiger partial charge on any atom is -0.481 e. The summed E-state index contributed by atoms with van der Waals surface area (Å²) in [6, 6.07) is 0.00227. The largest absolute Gasteiger partial charge is 0.481 e. The van der Waals surface area contributed by atoms with Crippen molar-refractivity contribution in [3.05, 3.63) is 0 Å². The Morgan fingerprint density at radius 2 is 2.42 bits per heavy atom. The Morgan fingerprint density at radius 1 is 1.67 bits per heavy atom. The molecule has 2 atom stereocenters. The predicted octanol–water partition coefficient (Wildman–Crippen LogP) is 0.0856. The highest BCUT2D eigenvalue weighted by Gasteiger charge is 2.33. The van der Waals surface area contributed by atoms with Gasteiger partial charge in [0.05, 0.1) is 19.1 Å². The molecule has 1 aliphatic heterocycles. The zero-order chi connectivity index (χ0) is 8.97. The van der Waals surface area contributed by atoms with Gasteiger partial charge in [0.15, 0.2) is 0 Å². The number of carboxylic acid groups (broad SMARTS) is 1. The van der Waals surface area contributed by atoms with Gasteiger partial charge in [-0.15, -0.1) is 0 Å². The van der Waals surface area contributed by atoms with E-state index in [1.807, 2.05) is 0 Å². The average molecular weight is 173 g/mol. The Bertz CT molecular complexity index is 160. The Balaban J connectivity index is 2.35. The number of carboxylic acids is 1. The summed E-state index contributed by atoms with van der Waals surface area (Å²) >= 11 is 0. The fourth-order valence-electron chi connectivity index (χ4n) is 1.33. The lowest BCUT2D eigenvalue weighted by molar-refractivity contribution is -0.142. The second-order valence-corrected chi connectivity index (χ2v) is 3.04. The van der Waals surface area contributed by atoms with Gasteiger partial charge in [0.1, 0.15) is 0 Å². The van der Waals surface area contributed by atoms with Crippen LogP contribution in [0, 0.1) is 5.92 Å². The van der Waals surface area contributed by atoms with E-state index in [4.69, 9.17) is 9.84 Å². The van der Waals surface area contributed by atoms with E-state index in [0.717, 1.165) is 13.0 Å². The second-order valence-electron chi connectivity index (χ2n) is 3.04. The average Bonchev–Trinajstić information content (AvgIpc) is 2.48. The zero-order valence-electron chi connectivity index (χ0n) is 7.25. The van der Waals surface area contributed by atoms with E-state index in [1.54, 1.807) is 0 Å². The van der Waals surface area contributed by atoms with Crippen molar-refractivity contribution >= 4 is 5.97 Å². The fourth-order valence-corrected chi connectivity index (χ4v) is 1.33. The Kier molecular flexibility index (Phi) is 3.49. The highest BCUT2D eigenvalue weighted by molar-refractivity contribution is 5.71. The second kappa shape index (κ2) is 4.42. The van der Waals surface area contributed by atoms with Crippen molar-refractivity contribution in [1.29, 1.82) is 0 Å². The molecule has 0 bridgehead atoms. The number of nitrogens with one attached hydrogen (secondary N) is 1. The molecule has 0 saturated carbocycles. The minimum atomic E-state index is -0.763. The van der Waals surface area contributed by atoms with E-state index in [1.165, 1.54) is 0 Å². The maximum Gasteiger partial charge on any atom is 0.310 e. The molecule has 1 heterocycles. The molecule has 0 amide bonds. The van der Waals surface area contributed by atoms with Crippen LogP contribution in [-0.2, 0) is 9.53 Å². The Labute approximate surface area is 71.9 Å². The fraction of sp³-hybridized carbons (Fsp3) is 0.875. The molecule has 0 spiro atoms. The lowest BCUT2D eigenvalue weighted by atomic mass is 10.0. The smallest absolute Gasteiger partial charge is 0.310 e. The molecule has 1 aliphatic rings. The van der Waals surface area contributed by atoms with Gasteiger partial charge in [-0.05, 0) is 13.0 Å². The summed E-state index contributed by atoms with van der Waals surface area (Å²) in [7, 11) is 0. The van der Waals surface area contributed by atoms with Gasteiger partial charge in [0.2, 0.25) is 0 Å². The van der Waals surface area contributed by atoms with Crippen LogP contribution < -0.4 is 5.32 Å². The standard InChI is InChI=1S/C8H15NO3/c1-2-3-9-7-5-12-4-6(7)8(10)11/h6-7,9H,2-5H2,1H3,(H,10,11). The zero-order valence-corrected chi connectivity index (χ0v) is 7.25. The molecule has 1 saturated heterocycles. The highest BCUT2D eigenvalue weighted by atomic mass is 16.5. The van der Waals surface area contributed by atoms with Crippen molar-refractivity contribution in [3.8, 4) is 0 Å². The molecule has 0 aliphatic carbocycles. The van der Waals surface area contributed by atoms with Gasteiger partial charge >= 0.3 is 5.97 Å². The molecule has 4 nitrogen and oxygen atoms in total. The molecular formula is C8H15NO3. The van der Waals surface area contributed by atoms with E-state index in [2.05, 4.69) is 12.2 Å². The first-order valence-electron chi connectivity index (χ1n) is 4.29. The number of aliphatic carboxylic acids is 1. The van der Waals surface area contributed by atoms with E-state index >= 15 is 0 Å². The molecule has 1 rings (SSSR count). The SMILES string of the molecule is CCCNC1COCC1C(=O)O. The third kappa shape index (κ3) is 2.19. The van der Waals surface area contributed by atoms with Crippen molar-refractivity contribution in [3.63, 3.8) is 0 Å². The normalized spacial score (nSPS) is 29.1. The van der Waals surface area contributed by atoms with Crippen LogP contribution in [0.4, 0.5) is 0 Å². The van der Waals surface area contributed by atoms with Gasteiger partial charge in [-0.1, -0.05) is 6.92 Å². The molecule has 0 aromatic carbocycles. The van der Waals surface area contributed by atoms with Crippen LogP contribution >= 0.6 is 0 Å². The summed E-state index contributed by atoms with van der Waals surface area (Å²) < 4.78 is 5.08. The number of hydrogen-bond acceptors (Lipinski definition) is 3. The maximum absolute atomic E-state index is 10.7. The number of rotatable bonds is 4. The molecule has 0 aromatic heterocycles. The quantitative estimate of drug-likeness (QED) is 0.632. The molecule has 0 aromatic rings. The molecule has 1 fully saturated rings. The summed E-state index contributed by atoms with van der Waals surface area (Å²) in [6.45, 7) is 3.78. The summed E-state index contributed by atoms with van der Waals surface area (Å²) in [5.41, 5.74) is 0. The monoisotopic (exact) mass is 173 g/mol. The van der Waals surface area contributed by atoms with Crippen molar-refractivity contribution in [2.45, 2.75) is 19.4 Å². The van der Waals surface area contributed by atoms with Crippen molar-refractivity contribution in [2.75, 3.05) is 19.8 Å². The van der Waals surface area contributed by atoms with E-state index in [9.17, 15) is 4.79 Å². The molecule has 2 N–H and O–H groups in total. The molecule has 0 radical (unpaired) electrons. The third-order valence-electron chi connectivity index (χ3n) is 2.05. The first-order chi connectivity index (χ1) is 5.75. The molecule has 4 heteroatoms. The lowest BCUT2D eigenvalue weighted by Gasteiger charge is -2.14. The van der Waals surface area contributed by atoms with Gasteiger partial charge in [0, 0.05) is 6.04 Å². The minimum absolute atomic E-state index is 0.00227. The van der Waals surface area contributed by atoms with Gasteiger partial charge < -0.3 is 15.2 Å². The topological polar surface area (TPSA) is 58.6 Å². The van der Waals surface area contributed by atoms with E-state index in [-0.39, 0.29) is 12.0 Å². The third-order valence-corrected chi connectivity index (χ3v) is 2.05. The van der Waals surface area contributed by atoms with Crippen LogP contribution in [0.2, 0.25) is 0 Å². The van der Waals surface area contributed by atoms with E-state index in [0.29, 0.717) is 13.2 Å². The number of carbonyl (C=O) groups is 1. The van der Waals surface area contributed by atoms with Gasteiger partial charge in [-0.3, -0.25) is 4.79 Å². The van der Waals surface area contributed by atoms with Crippen molar-refractivity contribution < 1.29 is 14.6 Å². The summed E-state index contributed by atoms with van der Waals surface area (Å²) in [5.74, 6) is -1.13. The number of hydrogen-bond donors (Lipinski definition) is 2. The van der Waals surface area contributed by atoms with Gasteiger partial charge in [-0.2, -0.15) is 0 Å². The van der Waals surface area contributed by atoms with Crippen LogP contribution in [0.5, 0.6) is 0 Å². The van der Waals surface area contributed by atoms with E-state index < -0.39 is 5.97 Å². The summed E-state index contributed by atoms with van der Waals surface area (Å²) in [5, 5.41) is 11.9. The first kappa shape index (κ1) is 9.48. The number of ether oxygens (including phenoxy) is 1.